The molecule has 0 saturated carbocycles. The second-order valence-corrected chi connectivity index (χ2v) is 5.07. The molecule has 84 valence electrons. The fourth-order valence-electron chi connectivity index (χ4n) is 1.68. The van der Waals surface area contributed by atoms with E-state index >= 15 is 0 Å². The molecule has 0 aliphatic rings. The topological polar surface area (TPSA) is 12.0 Å². The van der Waals surface area contributed by atoms with Crippen LogP contribution < -0.4 is 5.32 Å². The summed E-state index contributed by atoms with van der Waals surface area (Å²) >= 11 is 13.9. The highest BCUT2D eigenvalue weighted by Gasteiger charge is 2.15. The molecule has 1 atom stereocenters. The molecule has 1 nitrogen and oxygen atoms in total. The van der Waals surface area contributed by atoms with E-state index in [9.17, 15) is 0 Å². The Balaban J connectivity index is 2.44. The van der Waals surface area contributed by atoms with E-state index in [4.69, 9.17) is 23.2 Å². The summed E-state index contributed by atoms with van der Waals surface area (Å²) in [6.45, 7) is 0. The number of halogens is 2. The fourth-order valence-corrected chi connectivity index (χ4v) is 2.77. The van der Waals surface area contributed by atoms with Gasteiger partial charge in [-0.2, -0.15) is 11.3 Å². The summed E-state index contributed by atoms with van der Waals surface area (Å²) < 4.78 is 0. The molecule has 0 aliphatic heterocycles. The van der Waals surface area contributed by atoms with Crippen molar-refractivity contribution in [1.82, 2.24) is 5.32 Å². The number of benzene rings is 1. The fraction of sp³-hybridized carbons (Fsp3) is 0.167. The van der Waals surface area contributed by atoms with Crippen LogP contribution >= 0.6 is 34.5 Å². The molecule has 0 spiro atoms. The molecule has 1 N–H and O–H groups in total. The average molecular weight is 272 g/mol. The van der Waals surface area contributed by atoms with E-state index in [1.165, 1.54) is 5.56 Å². The molecule has 0 bridgehead atoms. The highest BCUT2D eigenvalue weighted by atomic mass is 35.5. The van der Waals surface area contributed by atoms with E-state index in [-0.39, 0.29) is 6.04 Å². The summed E-state index contributed by atoms with van der Waals surface area (Å²) in [6, 6.07) is 7.72. The number of nitrogens with one attached hydrogen (secondary N) is 1. The van der Waals surface area contributed by atoms with Crippen molar-refractivity contribution in [3.63, 3.8) is 0 Å². The van der Waals surface area contributed by atoms with Crippen molar-refractivity contribution in [3.8, 4) is 0 Å². The Hall–Kier alpha value is -0.540. The van der Waals surface area contributed by atoms with Crippen LogP contribution in [-0.2, 0) is 0 Å². The van der Waals surface area contributed by atoms with Gasteiger partial charge in [-0.05, 0) is 53.2 Å². The number of thiophene rings is 1. The monoisotopic (exact) mass is 271 g/mol. The molecular weight excluding hydrogens is 261 g/mol. The lowest BCUT2D eigenvalue weighted by Gasteiger charge is -2.17. The van der Waals surface area contributed by atoms with Gasteiger partial charge in [0.2, 0.25) is 0 Å². The first-order valence-corrected chi connectivity index (χ1v) is 6.56. The molecule has 1 unspecified atom stereocenters. The maximum Gasteiger partial charge on any atom is 0.0597 e. The van der Waals surface area contributed by atoms with E-state index in [1.54, 1.807) is 17.4 Å². The van der Waals surface area contributed by atoms with Gasteiger partial charge in [0.1, 0.15) is 0 Å². The van der Waals surface area contributed by atoms with Gasteiger partial charge < -0.3 is 5.32 Å². The zero-order chi connectivity index (χ0) is 11.5. The van der Waals surface area contributed by atoms with Crippen LogP contribution in [-0.4, -0.2) is 7.05 Å². The number of hydrogen-bond donors (Lipinski definition) is 1. The Morgan fingerprint density at radius 2 is 2.06 bits per heavy atom. The summed E-state index contributed by atoms with van der Waals surface area (Å²) in [5.41, 5.74) is 2.21. The van der Waals surface area contributed by atoms with Crippen LogP contribution in [0.3, 0.4) is 0 Å². The molecule has 4 heteroatoms. The molecule has 2 rings (SSSR count). The van der Waals surface area contributed by atoms with Crippen molar-refractivity contribution in [2.75, 3.05) is 7.05 Å². The van der Waals surface area contributed by atoms with Crippen LogP contribution in [0.1, 0.15) is 17.2 Å². The first-order chi connectivity index (χ1) is 7.72. The minimum absolute atomic E-state index is 0.0949. The molecule has 0 aliphatic carbocycles. The van der Waals surface area contributed by atoms with Gasteiger partial charge in [-0.1, -0.05) is 23.2 Å². The molecule has 2 aromatic rings. The lowest BCUT2D eigenvalue weighted by molar-refractivity contribution is 0.694. The second-order valence-electron chi connectivity index (χ2n) is 3.44. The third-order valence-corrected chi connectivity index (χ3v) is 3.72. The maximum absolute atomic E-state index is 6.19. The van der Waals surface area contributed by atoms with Crippen molar-refractivity contribution in [3.05, 3.63) is 56.2 Å². The second kappa shape index (κ2) is 5.19. The Morgan fingerprint density at radius 3 is 2.69 bits per heavy atom. The Labute approximate surface area is 109 Å². The van der Waals surface area contributed by atoms with Gasteiger partial charge in [-0.15, -0.1) is 0 Å². The van der Waals surface area contributed by atoms with Crippen LogP contribution in [0.25, 0.3) is 0 Å². The standard InChI is InChI=1S/C12H11Cl2NS/c1-15-12(8-4-5-16-7-8)10-6-9(13)2-3-11(10)14/h2-7,12,15H,1H3. The molecule has 1 aromatic carbocycles. The third kappa shape index (κ3) is 2.41. The smallest absolute Gasteiger partial charge is 0.0597 e. The quantitative estimate of drug-likeness (QED) is 0.875. The summed E-state index contributed by atoms with van der Waals surface area (Å²) in [5.74, 6) is 0. The van der Waals surface area contributed by atoms with Crippen molar-refractivity contribution in [2.24, 2.45) is 0 Å². The van der Waals surface area contributed by atoms with E-state index < -0.39 is 0 Å². The molecule has 0 radical (unpaired) electrons. The van der Waals surface area contributed by atoms with Gasteiger partial charge in [-0.3, -0.25) is 0 Å². The lowest BCUT2D eigenvalue weighted by atomic mass is 10.0. The van der Waals surface area contributed by atoms with Gasteiger partial charge in [0.15, 0.2) is 0 Å². The zero-order valence-electron chi connectivity index (χ0n) is 8.71. The van der Waals surface area contributed by atoms with Gasteiger partial charge in [0.05, 0.1) is 6.04 Å². The van der Waals surface area contributed by atoms with Crippen molar-refractivity contribution in [1.29, 1.82) is 0 Å². The Bertz CT molecular complexity index is 468. The maximum atomic E-state index is 6.19. The predicted octanol–water partition coefficient (Wildman–Crippen LogP) is 4.36. The summed E-state index contributed by atoms with van der Waals surface area (Å²) in [7, 11) is 1.92. The molecule has 1 aromatic heterocycles. The molecule has 0 amide bonds. The molecule has 0 fully saturated rings. The van der Waals surface area contributed by atoms with Crippen LogP contribution in [0.2, 0.25) is 10.0 Å². The minimum Gasteiger partial charge on any atom is -0.309 e. The number of rotatable bonds is 3. The Kier molecular flexibility index (Phi) is 3.87. The minimum atomic E-state index is 0.0949. The zero-order valence-corrected chi connectivity index (χ0v) is 11.0. The summed E-state index contributed by atoms with van der Waals surface area (Å²) in [4.78, 5) is 0. The van der Waals surface area contributed by atoms with Crippen LogP contribution in [0, 0.1) is 0 Å². The van der Waals surface area contributed by atoms with Crippen molar-refractivity contribution in [2.45, 2.75) is 6.04 Å². The van der Waals surface area contributed by atoms with Crippen molar-refractivity contribution >= 4 is 34.5 Å². The van der Waals surface area contributed by atoms with Crippen LogP contribution in [0.15, 0.2) is 35.0 Å². The van der Waals surface area contributed by atoms with Gasteiger partial charge >= 0.3 is 0 Å². The van der Waals surface area contributed by atoms with Gasteiger partial charge in [0, 0.05) is 10.0 Å². The normalized spacial score (nSPS) is 12.7. The van der Waals surface area contributed by atoms with E-state index in [0.29, 0.717) is 5.02 Å². The third-order valence-electron chi connectivity index (χ3n) is 2.43. The van der Waals surface area contributed by atoms with Gasteiger partial charge in [-0.25, -0.2) is 0 Å². The van der Waals surface area contributed by atoms with E-state index in [2.05, 4.69) is 22.1 Å². The molecular formula is C12H11Cl2NS. The summed E-state index contributed by atoms with van der Waals surface area (Å²) in [6.07, 6.45) is 0. The molecule has 0 saturated heterocycles. The Morgan fingerprint density at radius 1 is 1.25 bits per heavy atom. The SMILES string of the molecule is CNC(c1ccsc1)c1cc(Cl)ccc1Cl. The largest absolute Gasteiger partial charge is 0.309 e. The first-order valence-electron chi connectivity index (χ1n) is 4.86. The average Bonchev–Trinajstić information content (AvgIpc) is 2.78. The van der Waals surface area contributed by atoms with Gasteiger partial charge in [0.25, 0.3) is 0 Å². The van der Waals surface area contributed by atoms with E-state index in [0.717, 1.165) is 10.6 Å². The number of hydrogen-bond acceptors (Lipinski definition) is 2. The van der Waals surface area contributed by atoms with Crippen LogP contribution in [0.4, 0.5) is 0 Å². The summed E-state index contributed by atoms with van der Waals surface area (Å²) in [5, 5.41) is 8.85. The van der Waals surface area contributed by atoms with Crippen molar-refractivity contribution < 1.29 is 0 Å². The molecule has 16 heavy (non-hydrogen) atoms. The highest BCUT2D eigenvalue weighted by Crippen LogP contribution is 2.31. The van der Waals surface area contributed by atoms with E-state index in [1.807, 2.05) is 19.2 Å². The predicted molar refractivity (Wildman–Crippen MR) is 71.7 cm³/mol. The highest BCUT2D eigenvalue weighted by molar-refractivity contribution is 7.08. The van der Waals surface area contributed by atoms with Crippen LogP contribution in [0.5, 0.6) is 0 Å². The first kappa shape index (κ1) is 11.9. The molecule has 1 heterocycles. The lowest BCUT2D eigenvalue weighted by Crippen LogP contribution is -2.17.